The van der Waals surface area contributed by atoms with Gasteiger partial charge in [-0.1, -0.05) is 6.92 Å². The first kappa shape index (κ1) is 9.81. The molecule has 2 amide bonds. The van der Waals surface area contributed by atoms with Crippen molar-refractivity contribution in [1.82, 2.24) is 10.2 Å². The summed E-state index contributed by atoms with van der Waals surface area (Å²) in [5, 5.41) is 3.06. The van der Waals surface area contributed by atoms with Crippen LogP contribution in [0.5, 0.6) is 0 Å². The van der Waals surface area contributed by atoms with Crippen LogP contribution < -0.4 is 5.32 Å². The maximum absolute atomic E-state index is 11.8. The molecule has 2 atom stereocenters. The molecule has 0 unspecified atom stereocenters. The Balaban J connectivity index is 1.88. The van der Waals surface area contributed by atoms with E-state index in [2.05, 4.69) is 19.2 Å². The number of nitrogens with one attached hydrogen (secondary N) is 1. The Kier molecular flexibility index (Phi) is 2.66. The summed E-state index contributed by atoms with van der Waals surface area (Å²) in [6.45, 7) is 5.31. The van der Waals surface area contributed by atoms with Crippen molar-refractivity contribution in [3.63, 3.8) is 0 Å². The molecule has 1 N–H and O–H groups in total. The highest BCUT2D eigenvalue weighted by atomic mass is 16.2. The zero-order valence-electron chi connectivity index (χ0n) is 9.12. The van der Waals surface area contributed by atoms with Crippen LogP contribution >= 0.6 is 0 Å². The van der Waals surface area contributed by atoms with E-state index in [-0.39, 0.29) is 6.03 Å². The molecule has 2 aliphatic rings. The smallest absolute Gasteiger partial charge is 0.317 e. The van der Waals surface area contributed by atoms with Gasteiger partial charge in [-0.25, -0.2) is 4.79 Å². The fraction of sp³-hybridized carbons (Fsp3) is 0.909. The van der Waals surface area contributed by atoms with E-state index in [9.17, 15) is 4.79 Å². The average molecular weight is 196 g/mol. The average Bonchev–Trinajstić information content (AvgIpc) is 2.93. The molecule has 80 valence electrons. The lowest BCUT2D eigenvalue weighted by Crippen LogP contribution is -2.50. The van der Waals surface area contributed by atoms with Crippen molar-refractivity contribution in [2.75, 3.05) is 6.54 Å². The Morgan fingerprint density at radius 1 is 1.21 bits per heavy atom. The monoisotopic (exact) mass is 196 g/mol. The van der Waals surface area contributed by atoms with E-state index in [1.54, 1.807) is 0 Å². The van der Waals surface area contributed by atoms with Crippen molar-refractivity contribution in [1.29, 1.82) is 0 Å². The predicted molar refractivity (Wildman–Crippen MR) is 56.1 cm³/mol. The second-order valence-electron chi connectivity index (χ2n) is 4.91. The molecule has 0 spiro atoms. The summed E-state index contributed by atoms with van der Waals surface area (Å²) in [5.74, 6) is 0.663. The molecule has 0 radical (unpaired) electrons. The Labute approximate surface area is 85.8 Å². The maximum atomic E-state index is 11.8. The van der Waals surface area contributed by atoms with Crippen molar-refractivity contribution in [2.24, 2.45) is 5.92 Å². The van der Waals surface area contributed by atoms with Crippen molar-refractivity contribution < 1.29 is 4.79 Å². The highest BCUT2D eigenvalue weighted by molar-refractivity contribution is 5.75. The van der Waals surface area contributed by atoms with Crippen LogP contribution in [0, 0.1) is 5.92 Å². The fourth-order valence-corrected chi connectivity index (χ4v) is 2.06. The Hall–Kier alpha value is -0.730. The molecule has 1 saturated carbocycles. The van der Waals surface area contributed by atoms with Crippen LogP contribution in [0.3, 0.4) is 0 Å². The summed E-state index contributed by atoms with van der Waals surface area (Å²) >= 11 is 0. The van der Waals surface area contributed by atoms with Gasteiger partial charge in [-0.15, -0.1) is 0 Å². The van der Waals surface area contributed by atoms with E-state index >= 15 is 0 Å². The van der Waals surface area contributed by atoms with E-state index in [1.165, 1.54) is 19.3 Å². The summed E-state index contributed by atoms with van der Waals surface area (Å²) < 4.78 is 0. The number of hydrogen-bond acceptors (Lipinski definition) is 1. The second kappa shape index (κ2) is 3.79. The first-order valence-corrected chi connectivity index (χ1v) is 5.74. The fourth-order valence-electron chi connectivity index (χ4n) is 2.06. The van der Waals surface area contributed by atoms with E-state index in [0.717, 1.165) is 13.0 Å². The van der Waals surface area contributed by atoms with Crippen LogP contribution in [-0.4, -0.2) is 29.6 Å². The van der Waals surface area contributed by atoms with E-state index < -0.39 is 0 Å². The van der Waals surface area contributed by atoms with Gasteiger partial charge in [0.05, 0.1) is 0 Å². The van der Waals surface area contributed by atoms with Gasteiger partial charge in [-0.2, -0.15) is 0 Å². The minimum atomic E-state index is 0.159. The lowest BCUT2D eigenvalue weighted by molar-refractivity contribution is 0.136. The quantitative estimate of drug-likeness (QED) is 0.683. The zero-order valence-corrected chi connectivity index (χ0v) is 9.12. The van der Waals surface area contributed by atoms with Gasteiger partial charge in [0.15, 0.2) is 0 Å². The molecule has 2 fully saturated rings. The Morgan fingerprint density at radius 3 is 2.57 bits per heavy atom. The van der Waals surface area contributed by atoms with Gasteiger partial charge in [0.25, 0.3) is 0 Å². The standard InChI is InChI=1S/C11H20N2O/c1-8-3-4-9(2)13(7-8)11(14)12-10-5-6-10/h8-10H,3-7H2,1-2H3,(H,12,14)/t8-,9-/m1/s1. The lowest BCUT2D eigenvalue weighted by Gasteiger charge is -2.36. The normalized spacial score (nSPS) is 32.9. The molecule has 0 aromatic heterocycles. The van der Waals surface area contributed by atoms with Crippen LogP contribution in [0.15, 0.2) is 0 Å². The number of likely N-dealkylation sites (tertiary alicyclic amines) is 1. The molecule has 1 heterocycles. The minimum absolute atomic E-state index is 0.159. The number of carbonyl (C=O) groups excluding carboxylic acids is 1. The van der Waals surface area contributed by atoms with Gasteiger partial charge in [0.2, 0.25) is 0 Å². The molecular weight excluding hydrogens is 176 g/mol. The third-order valence-electron chi connectivity index (χ3n) is 3.28. The molecule has 0 bridgehead atoms. The molecule has 3 heteroatoms. The molecule has 1 aliphatic carbocycles. The predicted octanol–water partition coefficient (Wildman–Crippen LogP) is 1.98. The van der Waals surface area contributed by atoms with E-state index in [0.29, 0.717) is 18.0 Å². The van der Waals surface area contributed by atoms with Crippen molar-refractivity contribution in [3.05, 3.63) is 0 Å². The molecule has 1 aliphatic heterocycles. The van der Waals surface area contributed by atoms with Crippen molar-refractivity contribution in [2.45, 2.75) is 51.6 Å². The zero-order chi connectivity index (χ0) is 10.1. The van der Waals surface area contributed by atoms with Crippen LogP contribution in [0.25, 0.3) is 0 Å². The largest absolute Gasteiger partial charge is 0.335 e. The minimum Gasteiger partial charge on any atom is -0.335 e. The molecule has 0 aromatic carbocycles. The van der Waals surface area contributed by atoms with Gasteiger partial charge in [-0.05, 0) is 38.5 Å². The van der Waals surface area contributed by atoms with Gasteiger partial charge in [-0.3, -0.25) is 0 Å². The molecule has 2 rings (SSSR count). The molecule has 1 saturated heterocycles. The van der Waals surface area contributed by atoms with Crippen LogP contribution in [-0.2, 0) is 0 Å². The Morgan fingerprint density at radius 2 is 1.93 bits per heavy atom. The lowest BCUT2D eigenvalue weighted by atomic mass is 9.95. The number of amides is 2. The summed E-state index contributed by atoms with van der Waals surface area (Å²) in [6, 6.07) is 1.06. The SMILES string of the molecule is C[C@@H]1CC[C@@H](C)N(C(=O)NC2CC2)C1. The first-order chi connectivity index (χ1) is 6.66. The van der Waals surface area contributed by atoms with Gasteiger partial charge in [0, 0.05) is 18.6 Å². The second-order valence-corrected chi connectivity index (χ2v) is 4.91. The summed E-state index contributed by atoms with van der Waals surface area (Å²) in [6.07, 6.45) is 4.75. The summed E-state index contributed by atoms with van der Waals surface area (Å²) in [7, 11) is 0. The third-order valence-corrected chi connectivity index (χ3v) is 3.28. The van der Waals surface area contributed by atoms with E-state index in [4.69, 9.17) is 0 Å². The molecule has 3 nitrogen and oxygen atoms in total. The van der Waals surface area contributed by atoms with Crippen LogP contribution in [0.1, 0.15) is 39.5 Å². The number of hydrogen-bond donors (Lipinski definition) is 1. The van der Waals surface area contributed by atoms with Gasteiger partial charge in [0.1, 0.15) is 0 Å². The first-order valence-electron chi connectivity index (χ1n) is 5.74. The number of nitrogens with zero attached hydrogens (tertiary/aromatic N) is 1. The number of piperidine rings is 1. The highest BCUT2D eigenvalue weighted by Crippen LogP contribution is 2.23. The number of urea groups is 1. The Bertz CT molecular complexity index is 225. The van der Waals surface area contributed by atoms with Crippen LogP contribution in [0.2, 0.25) is 0 Å². The van der Waals surface area contributed by atoms with Gasteiger partial charge >= 0.3 is 6.03 Å². The summed E-state index contributed by atoms with van der Waals surface area (Å²) in [5.41, 5.74) is 0. The third kappa shape index (κ3) is 2.20. The van der Waals surface area contributed by atoms with Gasteiger partial charge < -0.3 is 10.2 Å². The molecule has 14 heavy (non-hydrogen) atoms. The van der Waals surface area contributed by atoms with E-state index in [1.807, 2.05) is 4.90 Å². The van der Waals surface area contributed by atoms with Crippen LogP contribution in [0.4, 0.5) is 4.79 Å². The van der Waals surface area contributed by atoms with Crippen molar-refractivity contribution in [3.8, 4) is 0 Å². The van der Waals surface area contributed by atoms with Crippen molar-refractivity contribution >= 4 is 6.03 Å². The topological polar surface area (TPSA) is 32.3 Å². The maximum Gasteiger partial charge on any atom is 0.317 e. The number of carbonyl (C=O) groups is 1. The number of rotatable bonds is 1. The molecule has 0 aromatic rings. The highest BCUT2D eigenvalue weighted by Gasteiger charge is 2.30. The molecular formula is C11H20N2O. The summed E-state index contributed by atoms with van der Waals surface area (Å²) in [4.78, 5) is 13.8.